The number of carbonyl (C=O) groups is 1. The molecule has 27 heavy (non-hydrogen) atoms. The molecule has 0 bridgehead atoms. The summed E-state index contributed by atoms with van der Waals surface area (Å²) in [6, 6.07) is 0.210. The molecule has 3 N–H and O–H groups in total. The van der Waals surface area contributed by atoms with Crippen LogP contribution in [0.1, 0.15) is 90.9 Å². The lowest BCUT2D eigenvalue weighted by Crippen LogP contribution is -2.30. The third kappa shape index (κ3) is 10.7. The highest BCUT2D eigenvalue weighted by Gasteiger charge is 2.37. The predicted molar refractivity (Wildman–Crippen MR) is 112 cm³/mol. The van der Waals surface area contributed by atoms with Gasteiger partial charge in [-0.3, -0.25) is 4.79 Å². The first-order valence-corrected chi connectivity index (χ1v) is 10.9. The van der Waals surface area contributed by atoms with Crippen molar-refractivity contribution in [2.24, 2.45) is 5.92 Å². The Morgan fingerprint density at radius 1 is 1.11 bits per heavy atom. The number of allylic oxidation sites excluding steroid dienone is 3. The van der Waals surface area contributed by atoms with Gasteiger partial charge in [-0.25, -0.2) is 0 Å². The zero-order valence-electron chi connectivity index (χ0n) is 17.5. The van der Waals surface area contributed by atoms with Crippen molar-refractivity contribution in [3.63, 3.8) is 0 Å². The van der Waals surface area contributed by atoms with Crippen LogP contribution in [0, 0.1) is 5.92 Å². The third-order valence-corrected chi connectivity index (χ3v) is 5.33. The molecule has 1 amide bonds. The maximum Gasteiger partial charge on any atom is 0.220 e. The van der Waals surface area contributed by atoms with Gasteiger partial charge in [0, 0.05) is 19.1 Å². The standard InChI is InChI=1S/C23H41NO3/c1-20(2)24-22(26)16-10-6-5-9-14-21-15-13-18-23(21,27)17-11-7-3-4-8-12-19-25/h5,9,11,17,20-21,25,27H,3-4,6-8,10,12-16,18-19H2,1-2H3,(H,24,26)/t21-,23+/m1/s1. The molecule has 1 aliphatic rings. The minimum Gasteiger partial charge on any atom is -0.396 e. The van der Waals surface area contributed by atoms with Crippen LogP contribution >= 0.6 is 0 Å². The zero-order chi connectivity index (χ0) is 20.0. The van der Waals surface area contributed by atoms with E-state index >= 15 is 0 Å². The number of nitrogens with one attached hydrogen (secondary N) is 1. The molecular formula is C23H41NO3. The summed E-state index contributed by atoms with van der Waals surface area (Å²) in [4.78, 5) is 11.6. The molecule has 0 radical (unpaired) electrons. The molecule has 0 heterocycles. The first-order chi connectivity index (χ1) is 13.0. The molecule has 0 aromatic rings. The number of hydrogen-bond acceptors (Lipinski definition) is 3. The van der Waals surface area contributed by atoms with Crippen LogP contribution < -0.4 is 5.32 Å². The number of aliphatic hydroxyl groups excluding tert-OH is 1. The first kappa shape index (κ1) is 23.9. The number of amides is 1. The largest absolute Gasteiger partial charge is 0.396 e. The number of rotatable bonds is 14. The SMILES string of the molecule is CC(C)NC(=O)CCCC=CC[C@@H]1CCC[C@@]1(O)C=CCCCCCCO. The summed E-state index contributed by atoms with van der Waals surface area (Å²) in [5.41, 5.74) is -0.646. The Hall–Kier alpha value is -1.13. The lowest BCUT2D eigenvalue weighted by molar-refractivity contribution is -0.121. The number of hydrogen-bond donors (Lipinski definition) is 3. The predicted octanol–water partition coefficient (Wildman–Crippen LogP) is 4.66. The Labute approximate surface area is 166 Å². The minimum absolute atomic E-state index is 0.130. The van der Waals surface area contributed by atoms with E-state index in [-0.39, 0.29) is 18.6 Å². The van der Waals surface area contributed by atoms with Gasteiger partial charge in [0.25, 0.3) is 0 Å². The molecule has 4 nitrogen and oxygen atoms in total. The van der Waals surface area contributed by atoms with Crippen molar-refractivity contribution in [1.29, 1.82) is 0 Å². The van der Waals surface area contributed by atoms with Gasteiger partial charge in [0.2, 0.25) is 5.91 Å². The summed E-state index contributed by atoms with van der Waals surface area (Å²) in [6.07, 6.45) is 20.1. The molecule has 0 aliphatic heterocycles. The number of aliphatic hydroxyl groups is 2. The van der Waals surface area contributed by atoms with Gasteiger partial charge < -0.3 is 15.5 Å². The van der Waals surface area contributed by atoms with E-state index in [9.17, 15) is 9.90 Å². The van der Waals surface area contributed by atoms with E-state index in [4.69, 9.17) is 5.11 Å². The topological polar surface area (TPSA) is 69.6 Å². The summed E-state index contributed by atoms with van der Waals surface area (Å²) >= 11 is 0. The van der Waals surface area contributed by atoms with E-state index in [1.165, 1.54) is 0 Å². The maximum absolute atomic E-state index is 11.6. The van der Waals surface area contributed by atoms with Crippen LogP contribution in [0.3, 0.4) is 0 Å². The summed E-state index contributed by atoms with van der Waals surface area (Å²) in [5.74, 6) is 0.439. The molecule has 0 aromatic carbocycles. The molecule has 1 saturated carbocycles. The molecule has 1 fully saturated rings. The highest BCUT2D eigenvalue weighted by Crippen LogP contribution is 2.39. The van der Waals surface area contributed by atoms with Crippen LogP contribution in [-0.4, -0.2) is 34.4 Å². The lowest BCUT2D eigenvalue weighted by Gasteiger charge is -2.26. The Balaban J connectivity index is 2.23. The van der Waals surface area contributed by atoms with E-state index in [0.29, 0.717) is 12.3 Å². The van der Waals surface area contributed by atoms with Crippen LogP contribution in [0.2, 0.25) is 0 Å². The average Bonchev–Trinajstić information content (AvgIpc) is 2.97. The molecule has 0 spiro atoms. The fourth-order valence-corrected chi connectivity index (χ4v) is 3.79. The Kier molecular flexibility index (Phi) is 12.4. The fraction of sp³-hybridized carbons (Fsp3) is 0.783. The second kappa shape index (κ2) is 14.0. The van der Waals surface area contributed by atoms with Crippen LogP contribution in [0.15, 0.2) is 24.3 Å². The van der Waals surface area contributed by atoms with Crippen LogP contribution in [0.25, 0.3) is 0 Å². The fourth-order valence-electron chi connectivity index (χ4n) is 3.79. The van der Waals surface area contributed by atoms with E-state index in [1.54, 1.807) is 0 Å². The molecular weight excluding hydrogens is 338 g/mol. The lowest BCUT2D eigenvalue weighted by atomic mass is 9.87. The number of carbonyl (C=O) groups excluding carboxylic acids is 1. The molecule has 1 rings (SSSR count). The minimum atomic E-state index is -0.646. The highest BCUT2D eigenvalue weighted by molar-refractivity contribution is 5.76. The maximum atomic E-state index is 11.6. The Morgan fingerprint density at radius 3 is 2.59 bits per heavy atom. The van der Waals surface area contributed by atoms with Gasteiger partial charge in [-0.15, -0.1) is 0 Å². The average molecular weight is 380 g/mol. The van der Waals surface area contributed by atoms with Crippen molar-refractivity contribution in [1.82, 2.24) is 5.32 Å². The van der Waals surface area contributed by atoms with Crippen molar-refractivity contribution < 1.29 is 15.0 Å². The normalized spacial score (nSPS) is 23.1. The molecule has 0 aromatic heterocycles. The van der Waals surface area contributed by atoms with E-state index in [1.807, 2.05) is 19.9 Å². The first-order valence-electron chi connectivity index (χ1n) is 10.9. The zero-order valence-corrected chi connectivity index (χ0v) is 17.5. The van der Waals surface area contributed by atoms with Gasteiger partial charge in [0.15, 0.2) is 0 Å². The number of unbranched alkanes of at least 4 members (excludes halogenated alkanes) is 5. The van der Waals surface area contributed by atoms with Gasteiger partial charge in [-0.05, 0) is 77.6 Å². The summed E-state index contributed by atoms with van der Waals surface area (Å²) in [6.45, 7) is 4.24. The van der Waals surface area contributed by atoms with Crippen molar-refractivity contribution in [3.8, 4) is 0 Å². The molecule has 0 saturated heterocycles. The van der Waals surface area contributed by atoms with Crippen LogP contribution in [0.5, 0.6) is 0 Å². The van der Waals surface area contributed by atoms with Crippen LogP contribution in [0.4, 0.5) is 0 Å². The monoisotopic (exact) mass is 379 g/mol. The molecule has 4 heteroatoms. The Morgan fingerprint density at radius 2 is 1.85 bits per heavy atom. The van der Waals surface area contributed by atoms with Crippen molar-refractivity contribution in [2.45, 2.75) is 103 Å². The van der Waals surface area contributed by atoms with Gasteiger partial charge in [-0.2, -0.15) is 0 Å². The van der Waals surface area contributed by atoms with Gasteiger partial charge in [0.05, 0.1) is 5.60 Å². The summed E-state index contributed by atoms with van der Waals surface area (Å²) < 4.78 is 0. The van der Waals surface area contributed by atoms with Crippen molar-refractivity contribution >= 4 is 5.91 Å². The molecule has 2 atom stereocenters. The Bertz CT molecular complexity index is 459. The second-order valence-corrected chi connectivity index (χ2v) is 8.23. The van der Waals surface area contributed by atoms with Crippen molar-refractivity contribution in [2.75, 3.05) is 6.61 Å². The molecule has 0 unspecified atom stereocenters. The second-order valence-electron chi connectivity index (χ2n) is 8.23. The molecule has 156 valence electrons. The van der Waals surface area contributed by atoms with E-state index in [0.717, 1.165) is 70.6 Å². The van der Waals surface area contributed by atoms with Crippen molar-refractivity contribution in [3.05, 3.63) is 24.3 Å². The van der Waals surface area contributed by atoms with Gasteiger partial charge in [-0.1, -0.05) is 37.1 Å². The summed E-state index contributed by atoms with van der Waals surface area (Å²) in [5, 5.41) is 22.6. The van der Waals surface area contributed by atoms with Gasteiger partial charge >= 0.3 is 0 Å². The van der Waals surface area contributed by atoms with E-state index < -0.39 is 5.60 Å². The third-order valence-electron chi connectivity index (χ3n) is 5.33. The quantitative estimate of drug-likeness (QED) is 0.304. The van der Waals surface area contributed by atoms with Crippen LogP contribution in [-0.2, 0) is 4.79 Å². The summed E-state index contributed by atoms with van der Waals surface area (Å²) in [7, 11) is 0. The van der Waals surface area contributed by atoms with Gasteiger partial charge in [0.1, 0.15) is 0 Å². The smallest absolute Gasteiger partial charge is 0.220 e. The highest BCUT2D eigenvalue weighted by atomic mass is 16.3. The molecule has 1 aliphatic carbocycles. The van der Waals surface area contributed by atoms with E-state index in [2.05, 4.69) is 23.5 Å².